The van der Waals surface area contributed by atoms with Crippen LogP contribution < -0.4 is 0 Å². The van der Waals surface area contributed by atoms with Gasteiger partial charge in [0.1, 0.15) is 5.82 Å². The van der Waals surface area contributed by atoms with Crippen molar-refractivity contribution < 1.29 is 0 Å². The van der Waals surface area contributed by atoms with Crippen molar-refractivity contribution in [2.45, 2.75) is 0 Å². The van der Waals surface area contributed by atoms with Crippen LogP contribution in [0.3, 0.4) is 0 Å². The van der Waals surface area contributed by atoms with E-state index in [0.717, 1.165) is 17.1 Å². The van der Waals surface area contributed by atoms with E-state index in [-0.39, 0.29) is 0 Å². The van der Waals surface area contributed by atoms with Crippen molar-refractivity contribution in [2.75, 3.05) is 0 Å². The van der Waals surface area contributed by atoms with E-state index in [9.17, 15) is 0 Å². The van der Waals surface area contributed by atoms with Gasteiger partial charge in [-0.05, 0) is 30.3 Å². The van der Waals surface area contributed by atoms with Crippen LogP contribution in [0.2, 0.25) is 0 Å². The number of benzene rings is 1. The van der Waals surface area contributed by atoms with Crippen molar-refractivity contribution in [3.63, 3.8) is 0 Å². The summed E-state index contributed by atoms with van der Waals surface area (Å²) in [6.45, 7) is 0. The maximum Gasteiger partial charge on any atom is 0.144 e. The summed E-state index contributed by atoms with van der Waals surface area (Å²) in [6, 6.07) is 12.4. The van der Waals surface area contributed by atoms with Crippen molar-refractivity contribution in [1.82, 2.24) is 19.1 Å². The third kappa shape index (κ3) is 1.84. The maximum atomic E-state index is 4.50. The van der Waals surface area contributed by atoms with E-state index in [2.05, 4.69) is 56.6 Å². The Bertz CT molecular complexity index is 903. The van der Waals surface area contributed by atoms with Crippen molar-refractivity contribution in [3.05, 3.63) is 67.4 Å². The molecule has 4 nitrogen and oxygen atoms in total. The van der Waals surface area contributed by atoms with Gasteiger partial charge in [0.05, 0.1) is 5.69 Å². The SMILES string of the molecule is Cn1ccc2c(-n3ccnc3-c3ccncc3)cccc21. The number of pyridine rings is 1. The molecule has 0 amide bonds. The fourth-order valence-corrected chi connectivity index (χ4v) is 2.71. The van der Waals surface area contributed by atoms with E-state index < -0.39 is 0 Å². The average molecular weight is 274 g/mol. The van der Waals surface area contributed by atoms with Crippen LogP contribution >= 0.6 is 0 Å². The summed E-state index contributed by atoms with van der Waals surface area (Å²) in [5.41, 5.74) is 3.40. The van der Waals surface area contributed by atoms with Crippen LogP contribution in [0.5, 0.6) is 0 Å². The molecule has 0 bridgehead atoms. The highest BCUT2D eigenvalue weighted by molar-refractivity contribution is 5.89. The molecule has 0 N–H and O–H groups in total. The Kier molecular flexibility index (Phi) is 2.60. The van der Waals surface area contributed by atoms with E-state index in [1.165, 1.54) is 10.9 Å². The van der Waals surface area contributed by atoms with Gasteiger partial charge in [-0.1, -0.05) is 6.07 Å². The third-order valence-corrected chi connectivity index (χ3v) is 3.74. The minimum absolute atomic E-state index is 0.925. The monoisotopic (exact) mass is 274 g/mol. The van der Waals surface area contributed by atoms with Crippen molar-refractivity contribution >= 4 is 10.9 Å². The van der Waals surface area contributed by atoms with Gasteiger partial charge in [-0.2, -0.15) is 0 Å². The Hall–Kier alpha value is -2.88. The number of hydrogen-bond acceptors (Lipinski definition) is 2. The molecule has 4 heteroatoms. The number of hydrogen-bond donors (Lipinski definition) is 0. The largest absolute Gasteiger partial charge is 0.350 e. The van der Waals surface area contributed by atoms with Gasteiger partial charge in [-0.3, -0.25) is 9.55 Å². The number of imidazole rings is 1. The van der Waals surface area contributed by atoms with E-state index in [0.29, 0.717) is 0 Å². The molecule has 3 heterocycles. The molecule has 102 valence electrons. The number of fused-ring (bicyclic) bond motifs is 1. The first-order valence-corrected chi connectivity index (χ1v) is 6.83. The Balaban J connectivity index is 1.97. The molecule has 0 radical (unpaired) electrons. The molecular weight excluding hydrogens is 260 g/mol. The zero-order valence-electron chi connectivity index (χ0n) is 11.6. The molecule has 0 spiro atoms. The molecule has 0 unspecified atom stereocenters. The second kappa shape index (κ2) is 4.59. The molecular formula is C17H14N4. The first-order chi connectivity index (χ1) is 10.3. The lowest BCUT2D eigenvalue weighted by atomic mass is 10.2. The minimum Gasteiger partial charge on any atom is -0.350 e. The molecule has 4 aromatic rings. The predicted molar refractivity (Wildman–Crippen MR) is 83.3 cm³/mol. The normalized spacial score (nSPS) is 11.1. The van der Waals surface area contributed by atoms with Crippen molar-refractivity contribution in [2.24, 2.45) is 7.05 Å². The van der Waals surface area contributed by atoms with Gasteiger partial charge in [0.2, 0.25) is 0 Å². The second-order valence-corrected chi connectivity index (χ2v) is 4.99. The number of aromatic nitrogens is 4. The molecule has 0 aliphatic rings. The van der Waals surface area contributed by atoms with Crippen LogP contribution in [0.25, 0.3) is 28.0 Å². The lowest BCUT2D eigenvalue weighted by Gasteiger charge is -2.09. The first-order valence-electron chi connectivity index (χ1n) is 6.83. The standard InChI is InChI=1S/C17H14N4/c1-20-11-7-14-15(20)3-2-4-16(14)21-12-10-19-17(21)13-5-8-18-9-6-13/h2-12H,1H3. The lowest BCUT2D eigenvalue weighted by Crippen LogP contribution is -1.97. The highest BCUT2D eigenvalue weighted by Crippen LogP contribution is 2.27. The van der Waals surface area contributed by atoms with Crippen LogP contribution in [-0.2, 0) is 7.05 Å². The van der Waals surface area contributed by atoms with Gasteiger partial charge < -0.3 is 4.57 Å². The van der Waals surface area contributed by atoms with Gasteiger partial charge in [0.15, 0.2) is 0 Å². The summed E-state index contributed by atoms with van der Waals surface area (Å²) < 4.78 is 4.25. The van der Waals surface area contributed by atoms with E-state index in [1.807, 2.05) is 24.5 Å². The summed E-state index contributed by atoms with van der Waals surface area (Å²) in [5.74, 6) is 0.925. The molecule has 0 fully saturated rings. The molecule has 21 heavy (non-hydrogen) atoms. The fraction of sp³-hybridized carbons (Fsp3) is 0.0588. The van der Waals surface area contributed by atoms with Gasteiger partial charge in [0, 0.05) is 54.5 Å². The summed E-state index contributed by atoms with van der Waals surface area (Å²) in [6.07, 6.45) is 9.49. The van der Waals surface area contributed by atoms with Crippen LogP contribution in [0.4, 0.5) is 0 Å². The molecule has 4 rings (SSSR count). The van der Waals surface area contributed by atoms with Crippen LogP contribution in [-0.4, -0.2) is 19.1 Å². The Morgan fingerprint density at radius 1 is 0.905 bits per heavy atom. The first kappa shape index (κ1) is 11.9. The van der Waals surface area contributed by atoms with Crippen LogP contribution in [0.1, 0.15) is 0 Å². The van der Waals surface area contributed by atoms with Gasteiger partial charge in [0.25, 0.3) is 0 Å². The molecule has 0 aliphatic heterocycles. The van der Waals surface area contributed by atoms with Gasteiger partial charge >= 0.3 is 0 Å². The number of aryl methyl sites for hydroxylation is 1. The summed E-state index contributed by atoms with van der Waals surface area (Å²) >= 11 is 0. The highest BCUT2D eigenvalue weighted by Gasteiger charge is 2.11. The van der Waals surface area contributed by atoms with Crippen LogP contribution in [0.15, 0.2) is 67.4 Å². The van der Waals surface area contributed by atoms with E-state index in [4.69, 9.17) is 0 Å². The van der Waals surface area contributed by atoms with Crippen LogP contribution in [0, 0.1) is 0 Å². The van der Waals surface area contributed by atoms with Crippen molar-refractivity contribution in [1.29, 1.82) is 0 Å². The smallest absolute Gasteiger partial charge is 0.144 e. The molecule has 0 saturated carbocycles. The number of nitrogens with zero attached hydrogens (tertiary/aromatic N) is 4. The fourth-order valence-electron chi connectivity index (χ4n) is 2.71. The summed E-state index contributed by atoms with van der Waals surface area (Å²) in [4.78, 5) is 8.58. The summed E-state index contributed by atoms with van der Waals surface area (Å²) in [5, 5.41) is 1.22. The minimum atomic E-state index is 0.925. The Morgan fingerprint density at radius 2 is 1.76 bits per heavy atom. The van der Waals surface area contributed by atoms with Gasteiger partial charge in [-0.15, -0.1) is 0 Å². The molecule has 0 atom stereocenters. The van der Waals surface area contributed by atoms with E-state index >= 15 is 0 Å². The lowest BCUT2D eigenvalue weighted by molar-refractivity contribution is 0.968. The maximum absolute atomic E-state index is 4.50. The third-order valence-electron chi connectivity index (χ3n) is 3.74. The molecule has 0 aliphatic carbocycles. The van der Waals surface area contributed by atoms with Crippen molar-refractivity contribution in [3.8, 4) is 17.1 Å². The Morgan fingerprint density at radius 3 is 2.62 bits per heavy atom. The quantitative estimate of drug-likeness (QED) is 0.561. The summed E-state index contributed by atoms with van der Waals surface area (Å²) in [7, 11) is 2.06. The zero-order chi connectivity index (χ0) is 14.2. The topological polar surface area (TPSA) is 35.6 Å². The molecule has 1 aromatic carbocycles. The zero-order valence-corrected chi connectivity index (χ0v) is 11.6. The molecule has 3 aromatic heterocycles. The second-order valence-electron chi connectivity index (χ2n) is 4.99. The van der Waals surface area contributed by atoms with Gasteiger partial charge in [-0.25, -0.2) is 4.98 Å². The highest BCUT2D eigenvalue weighted by atomic mass is 15.1. The molecule has 0 saturated heterocycles. The predicted octanol–water partition coefficient (Wildman–Crippen LogP) is 3.43. The number of rotatable bonds is 2. The average Bonchev–Trinajstić information content (AvgIpc) is 3.15. The Labute approximate surface area is 122 Å². The van der Waals surface area contributed by atoms with E-state index in [1.54, 1.807) is 12.4 Å².